The van der Waals surface area contributed by atoms with Gasteiger partial charge in [-0.25, -0.2) is 4.79 Å². The van der Waals surface area contributed by atoms with Crippen LogP contribution in [0.5, 0.6) is 0 Å². The first kappa shape index (κ1) is 13.1. The molecule has 4 nitrogen and oxygen atoms in total. The van der Waals surface area contributed by atoms with E-state index in [4.69, 9.17) is 28.6 Å². The van der Waals surface area contributed by atoms with E-state index in [-0.39, 0.29) is 5.97 Å². The monoisotopic (exact) mass is 284 g/mol. The molecule has 1 aromatic heterocycles. The van der Waals surface area contributed by atoms with Crippen molar-refractivity contribution in [3.8, 4) is 0 Å². The summed E-state index contributed by atoms with van der Waals surface area (Å²) in [5, 5.41) is 0.577. The van der Waals surface area contributed by atoms with E-state index < -0.39 is 6.04 Å². The Morgan fingerprint density at radius 1 is 1.61 bits per heavy atom. The molecule has 1 aromatic carbocycles. The van der Waals surface area contributed by atoms with Gasteiger partial charge in [-0.05, 0) is 38.2 Å². The molecule has 0 aliphatic rings. The van der Waals surface area contributed by atoms with Crippen LogP contribution in [-0.2, 0) is 9.53 Å². The maximum Gasteiger partial charge on any atom is 0.328 e. The van der Waals surface area contributed by atoms with Crippen LogP contribution in [0.4, 0.5) is 0 Å². The number of hydrogen-bond donors (Lipinski definition) is 1. The summed E-state index contributed by atoms with van der Waals surface area (Å²) in [5.74, 6) is -0.311. The highest BCUT2D eigenvalue weighted by Gasteiger charge is 2.20. The second-order valence-electron chi connectivity index (χ2n) is 3.86. The van der Waals surface area contributed by atoms with Crippen LogP contribution in [0.2, 0.25) is 5.02 Å². The van der Waals surface area contributed by atoms with Crippen molar-refractivity contribution in [3.05, 3.63) is 28.0 Å². The van der Waals surface area contributed by atoms with Gasteiger partial charge in [0.25, 0.3) is 0 Å². The Balaban J connectivity index is 2.57. The average Bonchev–Trinajstić information content (AvgIpc) is 2.66. The smallest absolute Gasteiger partial charge is 0.328 e. The van der Waals surface area contributed by atoms with Gasteiger partial charge in [0.2, 0.25) is 0 Å². The number of fused-ring (bicyclic) bond motifs is 1. The molecule has 0 saturated carbocycles. The molecule has 0 fully saturated rings. The molecule has 96 valence electrons. The molecule has 0 aliphatic carbocycles. The minimum atomic E-state index is -0.482. The van der Waals surface area contributed by atoms with Crippen molar-refractivity contribution in [1.82, 2.24) is 9.55 Å². The van der Waals surface area contributed by atoms with Crippen molar-refractivity contribution in [3.63, 3.8) is 0 Å². The van der Waals surface area contributed by atoms with Crippen LogP contribution in [0.25, 0.3) is 11.0 Å². The van der Waals surface area contributed by atoms with Crippen molar-refractivity contribution in [2.45, 2.75) is 19.9 Å². The number of carbonyl (C=O) groups is 1. The number of rotatable bonds is 3. The molecule has 0 aliphatic heterocycles. The number of nitrogens with zero attached hydrogens (tertiary/aromatic N) is 1. The van der Waals surface area contributed by atoms with Gasteiger partial charge in [0.1, 0.15) is 6.04 Å². The van der Waals surface area contributed by atoms with Crippen LogP contribution in [0.3, 0.4) is 0 Å². The lowest BCUT2D eigenvalue weighted by atomic mass is 10.3. The second kappa shape index (κ2) is 5.12. The second-order valence-corrected chi connectivity index (χ2v) is 4.66. The van der Waals surface area contributed by atoms with Gasteiger partial charge in [0.15, 0.2) is 4.77 Å². The van der Waals surface area contributed by atoms with Crippen molar-refractivity contribution in [1.29, 1.82) is 0 Å². The predicted molar refractivity (Wildman–Crippen MR) is 73.5 cm³/mol. The number of halogens is 1. The average molecular weight is 285 g/mol. The van der Waals surface area contributed by atoms with E-state index in [9.17, 15) is 4.79 Å². The summed E-state index contributed by atoms with van der Waals surface area (Å²) in [7, 11) is 0. The largest absolute Gasteiger partial charge is 0.464 e. The normalized spacial score (nSPS) is 12.6. The van der Waals surface area contributed by atoms with Crippen LogP contribution in [0.15, 0.2) is 18.2 Å². The van der Waals surface area contributed by atoms with Gasteiger partial charge in [0, 0.05) is 0 Å². The third-order valence-electron chi connectivity index (χ3n) is 2.72. The number of benzene rings is 1. The standard InChI is InChI=1S/C12H13ClN2O2S/c1-3-17-11(16)7(2)15-9-6-4-5-8(13)10(9)14-12(15)18/h4-7H,3H2,1-2H3,(H,14,18). The van der Waals surface area contributed by atoms with Crippen LogP contribution in [0.1, 0.15) is 19.9 Å². The highest BCUT2D eigenvalue weighted by atomic mass is 35.5. The topological polar surface area (TPSA) is 47.0 Å². The summed E-state index contributed by atoms with van der Waals surface area (Å²) in [5.41, 5.74) is 1.54. The maximum absolute atomic E-state index is 11.8. The Morgan fingerprint density at radius 2 is 2.33 bits per heavy atom. The minimum absolute atomic E-state index is 0.311. The summed E-state index contributed by atoms with van der Waals surface area (Å²) in [4.78, 5) is 14.8. The molecule has 0 bridgehead atoms. The SMILES string of the molecule is CCOC(=O)C(C)n1c(=S)[nH]c2c(Cl)cccc21. The van der Waals surface area contributed by atoms with Gasteiger partial charge in [0.05, 0.1) is 22.7 Å². The molecule has 1 N–H and O–H groups in total. The molecule has 2 rings (SSSR count). The molecular weight excluding hydrogens is 272 g/mol. The van der Waals surface area contributed by atoms with Crippen LogP contribution in [-0.4, -0.2) is 22.1 Å². The van der Waals surface area contributed by atoms with Crippen molar-refractivity contribution >= 4 is 40.8 Å². The van der Waals surface area contributed by atoms with Gasteiger partial charge in [-0.2, -0.15) is 0 Å². The van der Waals surface area contributed by atoms with E-state index in [0.29, 0.717) is 16.4 Å². The Morgan fingerprint density at radius 3 is 3.00 bits per heavy atom. The van der Waals surface area contributed by atoms with E-state index in [1.807, 2.05) is 12.1 Å². The van der Waals surface area contributed by atoms with E-state index >= 15 is 0 Å². The summed E-state index contributed by atoms with van der Waals surface area (Å²) in [6.45, 7) is 3.87. The van der Waals surface area contributed by atoms with E-state index in [1.165, 1.54) is 0 Å². The molecule has 2 aromatic rings. The van der Waals surface area contributed by atoms with Crippen LogP contribution < -0.4 is 0 Å². The number of esters is 1. The first-order valence-electron chi connectivity index (χ1n) is 5.61. The Bertz CT molecular complexity index is 647. The van der Waals surface area contributed by atoms with Gasteiger partial charge in [-0.1, -0.05) is 17.7 Å². The number of aromatic amines is 1. The number of aromatic nitrogens is 2. The fraction of sp³-hybridized carbons (Fsp3) is 0.333. The van der Waals surface area contributed by atoms with Gasteiger partial charge >= 0.3 is 5.97 Å². The Labute approximate surface area is 115 Å². The van der Waals surface area contributed by atoms with Crippen LogP contribution >= 0.6 is 23.8 Å². The lowest BCUT2D eigenvalue weighted by Crippen LogP contribution is -2.19. The van der Waals surface area contributed by atoms with Crippen molar-refractivity contribution < 1.29 is 9.53 Å². The number of hydrogen-bond acceptors (Lipinski definition) is 3. The zero-order chi connectivity index (χ0) is 13.3. The quantitative estimate of drug-likeness (QED) is 0.693. The molecule has 0 amide bonds. The minimum Gasteiger partial charge on any atom is -0.464 e. The molecular formula is C12H13ClN2O2S. The number of ether oxygens (including phenoxy) is 1. The number of nitrogens with one attached hydrogen (secondary N) is 1. The molecule has 1 heterocycles. The first-order valence-corrected chi connectivity index (χ1v) is 6.40. The lowest BCUT2D eigenvalue weighted by molar-refractivity contribution is -0.146. The highest BCUT2D eigenvalue weighted by Crippen LogP contribution is 2.25. The fourth-order valence-electron chi connectivity index (χ4n) is 1.87. The van der Waals surface area contributed by atoms with E-state index in [2.05, 4.69) is 4.98 Å². The van der Waals surface area contributed by atoms with Gasteiger partial charge < -0.3 is 14.3 Å². The summed E-state index contributed by atoms with van der Waals surface area (Å²) in [6.07, 6.45) is 0. The number of imidazole rings is 1. The number of carbonyl (C=O) groups excluding carboxylic acids is 1. The maximum atomic E-state index is 11.8. The fourth-order valence-corrected chi connectivity index (χ4v) is 2.44. The van der Waals surface area contributed by atoms with Gasteiger partial charge in [-0.3, -0.25) is 0 Å². The van der Waals surface area contributed by atoms with E-state index in [0.717, 1.165) is 11.0 Å². The highest BCUT2D eigenvalue weighted by molar-refractivity contribution is 7.71. The predicted octanol–water partition coefficient (Wildman–Crippen LogP) is 3.48. The molecule has 1 atom stereocenters. The molecule has 0 spiro atoms. The molecule has 6 heteroatoms. The summed E-state index contributed by atoms with van der Waals surface area (Å²) >= 11 is 11.3. The first-order chi connectivity index (χ1) is 8.56. The summed E-state index contributed by atoms with van der Waals surface area (Å²) in [6, 6.07) is 4.98. The molecule has 0 radical (unpaired) electrons. The lowest BCUT2D eigenvalue weighted by Gasteiger charge is -2.13. The zero-order valence-electron chi connectivity index (χ0n) is 10.1. The zero-order valence-corrected chi connectivity index (χ0v) is 11.6. The van der Waals surface area contributed by atoms with Crippen molar-refractivity contribution in [2.75, 3.05) is 6.61 Å². The summed E-state index contributed by atoms with van der Waals surface area (Å²) < 4.78 is 7.18. The number of para-hydroxylation sites is 1. The molecule has 18 heavy (non-hydrogen) atoms. The Hall–Kier alpha value is -1.33. The van der Waals surface area contributed by atoms with Crippen molar-refractivity contribution in [2.24, 2.45) is 0 Å². The third kappa shape index (κ3) is 2.15. The molecule has 0 saturated heterocycles. The van der Waals surface area contributed by atoms with Gasteiger partial charge in [-0.15, -0.1) is 0 Å². The Kier molecular flexibility index (Phi) is 3.73. The van der Waals surface area contributed by atoms with Crippen LogP contribution in [0, 0.1) is 4.77 Å². The number of H-pyrrole nitrogens is 1. The van der Waals surface area contributed by atoms with E-state index in [1.54, 1.807) is 24.5 Å². The molecule has 1 unspecified atom stereocenters. The third-order valence-corrected chi connectivity index (χ3v) is 3.33.